The van der Waals surface area contributed by atoms with Crippen LogP contribution in [0.1, 0.15) is 0 Å². The van der Waals surface area contributed by atoms with E-state index in [0.717, 1.165) is 0 Å². The van der Waals surface area contributed by atoms with Crippen LogP contribution in [0.25, 0.3) is 11.3 Å². The lowest BCUT2D eigenvalue weighted by atomic mass is 10.1. The van der Waals surface area contributed by atoms with Crippen molar-refractivity contribution < 1.29 is 9.84 Å². The van der Waals surface area contributed by atoms with E-state index >= 15 is 0 Å². The van der Waals surface area contributed by atoms with Gasteiger partial charge in [0.2, 0.25) is 0 Å². The smallest absolute Gasteiger partial charge is 0.264 e. The summed E-state index contributed by atoms with van der Waals surface area (Å²) in [5, 5.41) is 15.8. The van der Waals surface area contributed by atoms with E-state index in [1.54, 1.807) is 18.2 Å². The molecule has 0 saturated heterocycles. The number of benzene rings is 1. The monoisotopic (exact) mass is 218 g/mol. The van der Waals surface area contributed by atoms with E-state index in [1.807, 2.05) is 0 Å². The molecule has 0 aliphatic rings. The Bertz CT molecular complexity index is 543. The van der Waals surface area contributed by atoms with Gasteiger partial charge in [-0.15, -0.1) is 0 Å². The molecule has 2 aromatic rings. The van der Waals surface area contributed by atoms with Gasteiger partial charge >= 0.3 is 0 Å². The van der Waals surface area contributed by atoms with E-state index in [1.165, 1.54) is 19.2 Å². The average Bonchev–Trinajstić information content (AvgIpc) is 2.30. The second-order valence-corrected chi connectivity index (χ2v) is 3.19. The van der Waals surface area contributed by atoms with Crippen molar-refractivity contribution in [2.45, 2.75) is 0 Å². The van der Waals surface area contributed by atoms with Gasteiger partial charge in [-0.05, 0) is 24.3 Å². The number of aromatic hydroxyl groups is 1. The van der Waals surface area contributed by atoms with E-state index in [2.05, 4.69) is 10.2 Å². The van der Waals surface area contributed by atoms with E-state index in [-0.39, 0.29) is 11.3 Å². The van der Waals surface area contributed by atoms with Crippen molar-refractivity contribution in [1.29, 1.82) is 0 Å². The maximum Gasteiger partial charge on any atom is 0.264 e. The largest absolute Gasteiger partial charge is 0.504 e. The van der Waals surface area contributed by atoms with Crippen LogP contribution < -0.4 is 10.3 Å². The third-order valence-corrected chi connectivity index (χ3v) is 2.15. The van der Waals surface area contributed by atoms with Gasteiger partial charge in [0.1, 0.15) is 0 Å². The molecule has 0 aliphatic carbocycles. The predicted molar refractivity (Wildman–Crippen MR) is 58.5 cm³/mol. The Morgan fingerprint density at radius 1 is 1.31 bits per heavy atom. The van der Waals surface area contributed by atoms with E-state index in [4.69, 9.17) is 4.74 Å². The Labute approximate surface area is 91.3 Å². The number of hydrogen-bond acceptors (Lipinski definition) is 4. The molecule has 0 fully saturated rings. The molecule has 2 N–H and O–H groups in total. The van der Waals surface area contributed by atoms with Crippen LogP contribution in [0.2, 0.25) is 0 Å². The van der Waals surface area contributed by atoms with Crippen LogP contribution in [0.3, 0.4) is 0 Å². The first-order valence-electron chi connectivity index (χ1n) is 4.64. The fraction of sp³-hybridized carbons (Fsp3) is 0.0909. The van der Waals surface area contributed by atoms with Crippen LogP contribution in [0.4, 0.5) is 0 Å². The number of phenols is 1. The summed E-state index contributed by atoms with van der Waals surface area (Å²) in [6.45, 7) is 0. The Morgan fingerprint density at radius 3 is 2.69 bits per heavy atom. The number of H-pyrrole nitrogens is 1. The highest BCUT2D eigenvalue weighted by molar-refractivity contribution is 5.62. The van der Waals surface area contributed by atoms with Crippen molar-refractivity contribution in [1.82, 2.24) is 10.2 Å². The van der Waals surface area contributed by atoms with Crippen LogP contribution in [-0.4, -0.2) is 22.4 Å². The second-order valence-electron chi connectivity index (χ2n) is 3.19. The van der Waals surface area contributed by atoms with Crippen LogP contribution in [0, 0.1) is 0 Å². The summed E-state index contributed by atoms with van der Waals surface area (Å²) >= 11 is 0. The van der Waals surface area contributed by atoms with Crippen molar-refractivity contribution in [2.75, 3.05) is 7.11 Å². The molecular weight excluding hydrogens is 208 g/mol. The summed E-state index contributed by atoms with van der Waals surface area (Å²) < 4.78 is 4.93. The van der Waals surface area contributed by atoms with Gasteiger partial charge in [-0.2, -0.15) is 5.10 Å². The first-order valence-corrected chi connectivity index (χ1v) is 4.64. The lowest BCUT2D eigenvalue weighted by Crippen LogP contribution is -2.05. The molecule has 0 bridgehead atoms. The maximum absolute atomic E-state index is 10.8. The maximum atomic E-state index is 10.8. The van der Waals surface area contributed by atoms with Crippen molar-refractivity contribution in [3.63, 3.8) is 0 Å². The predicted octanol–water partition coefficient (Wildman–Crippen LogP) is 1.15. The average molecular weight is 218 g/mol. The molecule has 5 heteroatoms. The van der Waals surface area contributed by atoms with Crippen LogP contribution in [-0.2, 0) is 0 Å². The van der Waals surface area contributed by atoms with Gasteiger partial charge in [0.25, 0.3) is 5.56 Å². The summed E-state index contributed by atoms with van der Waals surface area (Å²) in [7, 11) is 1.48. The number of phenolic OH excluding ortho intramolecular Hbond substituents is 1. The Morgan fingerprint density at radius 2 is 2.12 bits per heavy atom. The Hall–Kier alpha value is -2.30. The number of rotatable bonds is 2. The number of nitrogens with one attached hydrogen (secondary N) is 1. The lowest BCUT2D eigenvalue weighted by molar-refractivity contribution is 0.373. The third-order valence-electron chi connectivity index (χ3n) is 2.15. The zero-order valence-corrected chi connectivity index (χ0v) is 8.60. The minimum atomic E-state index is -0.263. The number of aromatic amines is 1. The molecule has 0 radical (unpaired) electrons. The van der Waals surface area contributed by atoms with Gasteiger partial charge in [-0.1, -0.05) is 0 Å². The molecule has 0 amide bonds. The van der Waals surface area contributed by atoms with Crippen molar-refractivity contribution in [3.05, 3.63) is 40.7 Å². The minimum Gasteiger partial charge on any atom is -0.504 e. The third kappa shape index (κ3) is 1.88. The van der Waals surface area contributed by atoms with Crippen molar-refractivity contribution in [3.8, 4) is 22.8 Å². The van der Waals surface area contributed by atoms with Crippen LogP contribution in [0.5, 0.6) is 11.5 Å². The standard InChI is InChI=1S/C11H10N2O3/c1-16-10-4-2-7(6-9(10)14)8-3-5-11(15)13-12-8/h2-6,14H,1H3,(H,13,15). The summed E-state index contributed by atoms with van der Waals surface area (Å²) in [6.07, 6.45) is 0. The molecule has 1 heterocycles. The number of aromatic nitrogens is 2. The fourth-order valence-electron chi connectivity index (χ4n) is 1.35. The first-order chi connectivity index (χ1) is 7.70. The van der Waals surface area contributed by atoms with Crippen molar-refractivity contribution >= 4 is 0 Å². The highest BCUT2D eigenvalue weighted by atomic mass is 16.5. The Kier molecular flexibility index (Phi) is 2.59. The molecule has 1 aromatic carbocycles. The molecule has 2 rings (SSSR count). The normalized spacial score (nSPS) is 10.1. The lowest BCUT2D eigenvalue weighted by Gasteiger charge is -2.05. The molecule has 16 heavy (non-hydrogen) atoms. The van der Waals surface area contributed by atoms with Gasteiger partial charge in [-0.3, -0.25) is 4.79 Å². The molecule has 82 valence electrons. The SMILES string of the molecule is COc1ccc(-c2ccc(=O)[nH]n2)cc1O. The van der Waals surface area contributed by atoms with Crippen LogP contribution >= 0.6 is 0 Å². The molecule has 0 unspecified atom stereocenters. The highest BCUT2D eigenvalue weighted by Gasteiger charge is 2.05. The van der Waals surface area contributed by atoms with Gasteiger partial charge in [0.05, 0.1) is 12.8 Å². The quantitative estimate of drug-likeness (QED) is 0.792. The summed E-state index contributed by atoms with van der Waals surface area (Å²) in [4.78, 5) is 10.8. The molecule has 0 saturated carbocycles. The van der Waals surface area contributed by atoms with Gasteiger partial charge in [0.15, 0.2) is 11.5 Å². The topological polar surface area (TPSA) is 75.2 Å². The number of ether oxygens (including phenoxy) is 1. The molecule has 5 nitrogen and oxygen atoms in total. The zero-order chi connectivity index (χ0) is 11.5. The van der Waals surface area contributed by atoms with Gasteiger partial charge < -0.3 is 9.84 Å². The summed E-state index contributed by atoms with van der Waals surface area (Å²) in [5.41, 5.74) is 1.02. The summed E-state index contributed by atoms with van der Waals surface area (Å²) in [6, 6.07) is 7.87. The highest BCUT2D eigenvalue weighted by Crippen LogP contribution is 2.29. The minimum absolute atomic E-state index is 0.0352. The van der Waals surface area contributed by atoms with Gasteiger partial charge in [-0.25, -0.2) is 5.10 Å². The molecule has 0 atom stereocenters. The number of hydrogen-bond donors (Lipinski definition) is 2. The first kappa shape index (κ1) is 10.2. The van der Waals surface area contributed by atoms with Crippen molar-refractivity contribution in [2.24, 2.45) is 0 Å². The Balaban J connectivity index is 2.45. The van der Waals surface area contributed by atoms with Crippen LogP contribution in [0.15, 0.2) is 35.1 Å². The molecular formula is C11H10N2O3. The van der Waals surface area contributed by atoms with E-state index in [0.29, 0.717) is 17.0 Å². The number of nitrogens with zero attached hydrogens (tertiary/aromatic N) is 1. The molecule has 0 aliphatic heterocycles. The van der Waals surface area contributed by atoms with E-state index < -0.39 is 0 Å². The number of methoxy groups -OCH3 is 1. The van der Waals surface area contributed by atoms with Gasteiger partial charge in [0, 0.05) is 11.6 Å². The fourth-order valence-corrected chi connectivity index (χ4v) is 1.35. The molecule has 0 spiro atoms. The zero-order valence-electron chi connectivity index (χ0n) is 8.60. The molecule has 1 aromatic heterocycles. The summed E-state index contributed by atoms with van der Waals surface area (Å²) in [5.74, 6) is 0.432. The van der Waals surface area contributed by atoms with E-state index in [9.17, 15) is 9.90 Å². The second kappa shape index (κ2) is 4.06.